The molecule has 1 fully saturated rings. The fourth-order valence-corrected chi connectivity index (χ4v) is 2.41. The first-order chi connectivity index (χ1) is 9.13. The van der Waals surface area contributed by atoms with Crippen molar-refractivity contribution in [1.29, 1.82) is 0 Å². The first-order valence-electron chi connectivity index (χ1n) is 6.42. The number of hydrogen-bond acceptors (Lipinski definition) is 5. The van der Waals surface area contributed by atoms with E-state index in [-0.39, 0.29) is 24.3 Å². The molecule has 1 aromatic rings. The first-order valence-corrected chi connectivity index (χ1v) is 6.42. The van der Waals surface area contributed by atoms with Crippen molar-refractivity contribution in [1.82, 2.24) is 10.1 Å². The Balaban J connectivity index is 2.18. The minimum atomic E-state index is -0.419. The number of amides is 1. The lowest BCUT2D eigenvalue weighted by Gasteiger charge is -2.26. The average molecular weight is 266 g/mol. The van der Waals surface area contributed by atoms with E-state index in [0.717, 1.165) is 25.7 Å². The quantitative estimate of drug-likeness (QED) is 0.773. The highest BCUT2D eigenvalue weighted by atomic mass is 16.5. The number of nitrogens with zero attached hydrogens (tertiary/aromatic N) is 2. The zero-order valence-corrected chi connectivity index (χ0v) is 11.2. The lowest BCUT2D eigenvalue weighted by molar-refractivity contribution is -0.141. The second-order valence-corrected chi connectivity index (χ2v) is 4.79. The molecule has 1 saturated carbocycles. The van der Waals surface area contributed by atoms with Crippen LogP contribution in [0.1, 0.15) is 41.8 Å². The molecule has 6 heteroatoms. The van der Waals surface area contributed by atoms with E-state index in [4.69, 9.17) is 4.52 Å². The lowest BCUT2D eigenvalue weighted by Crippen LogP contribution is -2.42. The van der Waals surface area contributed by atoms with Gasteiger partial charge in [-0.25, -0.2) is 0 Å². The number of hydrogen-bond donors (Lipinski definition) is 0. The van der Waals surface area contributed by atoms with Crippen LogP contribution >= 0.6 is 0 Å². The third kappa shape index (κ3) is 2.94. The van der Waals surface area contributed by atoms with Gasteiger partial charge in [0.05, 0.1) is 13.3 Å². The fraction of sp³-hybridized carbons (Fsp3) is 0.615. The smallest absolute Gasteiger partial charge is 0.325 e. The summed E-state index contributed by atoms with van der Waals surface area (Å²) in [6.07, 6.45) is 5.47. The molecule has 0 saturated heterocycles. The Morgan fingerprint density at radius 1 is 1.47 bits per heavy atom. The van der Waals surface area contributed by atoms with Gasteiger partial charge in [0.25, 0.3) is 5.91 Å². The summed E-state index contributed by atoms with van der Waals surface area (Å²) in [5, 5.41) is 3.61. The van der Waals surface area contributed by atoms with E-state index in [1.165, 1.54) is 13.3 Å². The predicted molar refractivity (Wildman–Crippen MR) is 66.5 cm³/mol. The van der Waals surface area contributed by atoms with Crippen molar-refractivity contribution in [3.05, 3.63) is 17.5 Å². The number of rotatable bonds is 4. The van der Waals surface area contributed by atoms with Crippen LogP contribution in [-0.4, -0.2) is 41.6 Å². The van der Waals surface area contributed by atoms with Crippen molar-refractivity contribution in [2.75, 3.05) is 13.7 Å². The Labute approximate surface area is 111 Å². The van der Waals surface area contributed by atoms with Gasteiger partial charge in [0.2, 0.25) is 5.76 Å². The molecule has 6 nitrogen and oxygen atoms in total. The topological polar surface area (TPSA) is 72.6 Å². The molecule has 1 aliphatic carbocycles. The van der Waals surface area contributed by atoms with Gasteiger partial charge in [-0.3, -0.25) is 9.59 Å². The van der Waals surface area contributed by atoms with Crippen LogP contribution in [0, 0.1) is 6.92 Å². The number of methoxy groups -OCH3 is 1. The van der Waals surface area contributed by atoms with Crippen LogP contribution in [-0.2, 0) is 9.53 Å². The van der Waals surface area contributed by atoms with Gasteiger partial charge >= 0.3 is 5.97 Å². The SMILES string of the molecule is COC(=O)CN(C(=O)c1oncc1C)C1CCCC1. The number of ether oxygens (including phenoxy) is 1. The summed E-state index contributed by atoms with van der Waals surface area (Å²) >= 11 is 0. The Kier molecular flexibility index (Phi) is 4.19. The minimum Gasteiger partial charge on any atom is -0.468 e. The Morgan fingerprint density at radius 2 is 2.16 bits per heavy atom. The minimum absolute atomic E-state index is 0.0415. The van der Waals surface area contributed by atoms with Gasteiger partial charge in [-0.1, -0.05) is 18.0 Å². The van der Waals surface area contributed by atoms with Crippen LogP contribution in [0.2, 0.25) is 0 Å². The summed E-state index contributed by atoms with van der Waals surface area (Å²) in [6.45, 7) is 1.72. The molecule has 1 heterocycles. The molecule has 0 spiro atoms. The molecule has 104 valence electrons. The van der Waals surface area contributed by atoms with Crippen LogP contribution in [0.15, 0.2) is 10.7 Å². The monoisotopic (exact) mass is 266 g/mol. The Morgan fingerprint density at radius 3 is 2.68 bits per heavy atom. The first kappa shape index (κ1) is 13.6. The van der Waals surface area contributed by atoms with E-state index in [1.807, 2.05) is 0 Å². The van der Waals surface area contributed by atoms with Gasteiger partial charge in [0, 0.05) is 11.6 Å². The second-order valence-electron chi connectivity index (χ2n) is 4.79. The predicted octanol–water partition coefficient (Wildman–Crippen LogP) is 1.54. The highest BCUT2D eigenvalue weighted by Gasteiger charge is 2.31. The van der Waals surface area contributed by atoms with E-state index in [2.05, 4.69) is 9.89 Å². The van der Waals surface area contributed by atoms with Crippen LogP contribution in [0.25, 0.3) is 0 Å². The van der Waals surface area contributed by atoms with Crippen LogP contribution in [0.3, 0.4) is 0 Å². The largest absolute Gasteiger partial charge is 0.468 e. The molecule has 0 unspecified atom stereocenters. The van der Waals surface area contributed by atoms with Gasteiger partial charge in [-0.15, -0.1) is 0 Å². The van der Waals surface area contributed by atoms with E-state index in [9.17, 15) is 9.59 Å². The molecule has 0 radical (unpaired) electrons. The van der Waals surface area contributed by atoms with E-state index >= 15 is 0 Å². The van der Waals surface area contributed by atoms with Crippen molar-refractivity contribution < 1.29 is 18.8 Å². The summed E-state index contributed by atoms with van der Waals surface area (Å²) in [5.41, 5.74) is 0.679. The maximum Gasteiger partial charge on any atom is 0.325 e. The molecular weight excluding hydrogens is 248 g/mol. The number of aromatic nitrogens is 1. The summed E-state index contributed by atoms with van der Waals surface area (Å²) in [7, 11) is 1.32. The van der Waals surface area contributed by atoms with Crippen LogP contribution < -0.4 is 0 Å². The highest BCUT2D eigenvalue weighted by molar-refractivity contribution is 5.94. The van der Waals surface area contributed by atoms with E-state index in [1.54, 1.807) is 11.8 Å². The van der Waals surface area contributed by atoms with E-state index < -0.39 is 5.97 Å². The van der Waals surface area contributed by atoms with Crippen molar-refractivity contribution in [2.45, 2.75) is 38.6 Å². The second kappa shape index (κ2) is 5.86. The van der Waals surface area contributed by atoms with Crippen molar-refractivity contribution in [3.8, 4) is 0 Å². The summed E-state index contributed by atoms with van der Waals surface area (Å²) in [6, 6.07) is 0.0797. The number of aryl methyl sites for hydroxylation is 1. The fourth-order valence-electron chi connectivity index (χ4n) is 2.41. The van der Waals surface area contributed by atoms with E-state index in [0.29, 0.717) is 5.56 Å². The normalized spacial score (nSPS) is 15.5. The highest BCUT2D eigenvalue weighted by Crippen LogP contribution is 2.25. The third-order valence-electron chi connectivity index (χ3n) is 3.50. The van der Waals surface area contributed by atoms with Crippen LogP contribution in [0.4, 0.5) is 0 Å². The molecule has 1 aromatic heterocycles. The van der Waals surface area contributed by atoms with Crippen LogP contribution in [0.5, 0.6) is 0 Å². The number of carbonyl (C=O) groups is 2. The average Bonchev–Trinajstić information content (AvgIpc) is 3.05. The zero-order chi connectivity index (χ0) is 13.8. The molecule has 0 aliphatic heterocycles. The standard InChI is InChI=1S/C13H18N2O4/c1-9-7-14-19-12(9)13(17)15(8-11(16)18-2)10-5-3-4-6-10/h7,10H,3-6,8H2,1-2H3. The number of esters is 1. The maximum atomic E-state index is 12.4. The van der Waals surface area contributed by atoms with Crippen molar-refractivity contribution in [3.63, 3.8) is 0 Å². The molecule has 19 heavy (non-hydrogen) atoms. The number of carbonyl (C=O) groups excluding carboxylic acids is 2. The third-order valence-corrected chi connectivity index (χ3v) is 3.50. The molecule has 1 amide bonds. The molecule has 0 aromatic carbocycles. The lowest BCUT2D eigenvalue weighted by atomic mass is 10.1. The molecule has 1 aliphatic rings. The molecule has 0 bridgehead atoms. The molecule has 0 N–H and O–H groups in total. The van der Waals surface area contributed by atoms with Gasteiger partial charge in [-0.05, 0) is 19.8 Å². The van der Waals surface area contributed by atoms with Gasteiger partial charge in [0.1, 0.15) is 6.54 Å². The summed E-state index contributed by atoms with van der Waals surface area (Å²) in [5.74, 6) is -0.500. The summed E-state index contributed by atoms with van der Waals surface area (Å²) in [4.78, 5) is 25.5. The molecular formula is C13H18N2O4. The zero-order valence-electron chi connectivity index (χ0n) is 11.2. The van der Waals surface area contributed by atoms with Crippen molar-refractivity contribution >= 4 is 11.9 Å². The van der Waals surface area contributed by atoms with Crippen molar-refractivity contribution in [2.24, 2.45) is 0 Å². The van der Waals surface area contributed by atoms with Gasteiger partial charge in [0.15, 0.2) is 0 Å². The Hall–Kier alpha value is -1.85. The van der Waals surface area contributed by atoms with Gasteiger partial charge < -0.3 is 14.2 Å². The molecule has 0 atom stereocenters. The van der Waals surface area contributed by atoms with Gasteiger partial charge in [-0.2, -0.15) is 0 Å². The maximum absolute atomic E-state index is 12.4. The summed E-state index contributed by atoms with van der Waals surface area (Å²) < 4.78 is 9.65. The Bertz CT molecular complexity index is 463. The molecule has 2 rings (SSSR count).